The Morgan fingerprint density at radius 3 is 2.53 bits per heavy atom. The Bertz CT molecular complexity index is 453. The lowest BCUT2D eigenvalue weighted by atomic mass is 10.1. The Morgan fingerprint density at radius 1 is 1.29 bits per heavy atom. The molecule has 0 radical (unpaired) electrons. The van der Waals surface area contributed by atoms with Crippen molar-refractivity contribution in [1.82, 2.24) is 5.01 Å². The van der Waals surface area contributed by atoms with E-state index in [0.717, 1.165) is 5.56 Å². The van der Waals surface area contributed by atoms with Crippen LogP contribution in [0.15, 0.2) is 46.4 Å². The Hall–Kier alpha value is -1.88. The second-order valence-electron chi connectivity index (χ2n) is 4.32. The van der Waals surface area contributed by atoms with E-state index in [9.17, 15) is 5.11 Å². The lowest BCUT2D eigenvalue weighted by molar-refractivity contribution is 0.118. The van der Waals surface area contributed by atoms with E-state index < -0.39 is 0 Å². The van der Waals surface area contributed by atoms with Gasteiger partial charge in [-0.2, -0.15) is 5.11 Å². The van der Waals surface area contributed by atoms with Gasteiger partial charge in [0.25, 0.3) is 0 Å². The average molecular weight is 232 g/mol. The van der Waals surface area contributed by atoms with E-state index in [4.69, 9.17) is 5.84 Å². The maximum absolute atomic E-state index is 10.0. The summed E-state index contributed by atoms with van der Waals surface area (Å²) in [6.45, 7) is 3.95. The lowest BCUT2D eigenvalue weighted by Gasteiger charge is -2.30. The number of aliphatic hydroxyl groups is 1. The highest BCUT2D eigenvalue weighted by Gasteiger charge is 2.27. The first-order chi connectivity index (χ1) is 8.11. The summed E-state index contributed by atoms with van der Waals surface area (Å²) in [5.74, 6) is 5.97. The van der Waals surface area contributed by atoms with Gasteiger partial charge in [0.05, 0.1) is 0 Å². The van der Waals surface area contributed by atoms with E-state index in [0.29, 0.717) is 5.70 Å². The zero-order valence-electron chi connectivity index (χ0n) is 9.91. The summed E-state index contributed by atoms with van der Waals surface area (Å²) in [5.41, 5.74) is 1.21. The Labute approximate surface area is 100 Å². The van der Waals surface area contributed by atoms with Crippen LogP contribution in [0.3, 0.4) is 0 Å². The highest BCUT2D eigenvalue weighted by Crippen LogP contribution is 2.28. The monoisotopic (exact) mass is 232 g/mol. The first-order valence-electron chi connectivity index (χ1n) is 5.54. The minimum atomic E-state index is -0.317. The number of hydrogen-bond acceptors (Lipinski definition) is 5. The minimum Gasteiger partial charge on any atom is -0.492 e. The van der Waals surface area contributed by atoms with E-state index in [1.165, 1.54) is 5.01 Å². The molecule has 1 aromatic carbocycles. The lowest BCUT2D eigenvalue weighted by Crippen LogP contribution is -2.43. The Kier molecular flexibility index (Phi) is 3.10. The third kappa shape index (κ3) is 2.14. The number of nitrogens with two attached hydrogens (primary N) is 1. The molecule has 0 aromatic heterocycles. The summed E-state index contributed by atoms with van der Waals surface area (Å²) in [7, 11) is 0. The molecular formula is C12H16N4O. The number of hydrogen-bond donors (Lipinski definition) is 2. The zero-order chi connectivity index (χ0) is 12.4. The van der Waals surface area contributed by atoms with Crippen molar-refractivity contribution in [3.63, 3.8) is 0 Å². The quantitative estimate of drug-likeness (QED) is 0.769. The molecule has 1 unspecified atom stereocenters. The van der Waals surface area contributed by atoms with Gasteiger partial charge in [0, 0.05) is 5.56 Å². The molecule has 90 valence electrons. The van der Waals surface area contributed by atoms with Gasteiger partial charge >= 0.3 is 0 Å². The van der Waals surface area contributed by atoms with Crippen molar-refractivity contribution in [1.29, 1.82) is 0 Å². The van der Waals surface area contributed by atoms with Gasteiger partial charge in [-0.15, -0.1) is 5.11 Å². The molecule has 0 aliphatic carbocycles. The molecule has 5 heteroatoms. The molecule has 1 aliphatic heterocycles. The second-order valence-corrected chi connectivity index (χ2v) is 4.32. The number of benzene rings is 1. The molecule has 1 aliphatic rings. The summed E-state index contributed by atoms with van der Waals surface area (Å²) in [4.78, 5) is 0. The molecule has 0 saturated heterocycles. The van der Waals surface area contributed by atoms with Crippen LogP contribution in [0.25, 0.3) is 5.70 Å². The second kappa shape index (κ2) is 4.55. The number of nitrogens with zero attached hydrogens (tertiary/aromatic N) is 3. The topological polar surface area (TPSA) is 74.2 Å². The van der Waals surface area contributed by atoms with Gasteiger partial charge in [-0.1, -0.05) is 44.2 Å². The number of azo groups is 1. The maximum atomic E-state index is 10.0. The smallest absolute Gasteiger partial charge is 0.232 e. The van der Waals surface area contributed by atoms with Crippen molar-refractivity contribution < 1.29 is 5.11 Å². The van der Waals surface area contributed by atoms with Crippen molar-refractivity contribution >= 4 is 5.70 Å². The van der Waals surface area contributed by atoms with Crippen LogP contribution in [0, 0.1) is 5.92 Å². The van der Waals surface area contributed by atoms with Gasteiger partial charge < -0.3 is 5.11 Å². The summed E-state index contributed by atoms with van der Waals surface area (Å²) in [6.07, 6.45) is -0.317. The molecule has 1 aromatic rings. The first kappa shape index (κ1) is 11.6. The highest BCUT2D eigenvalue weighted by atomic mass is 16.3. The number of rotatable bonds is 2. The molecule has 0 amide bonds. The number of hydrazine groups is 1. The van der Waals surface area contributed by atoms with Gasteiger partial charge in [-0.25, -0.2) is 5.84 Å². The molecule has 0 fully saturated rings. The molecular weight excluding hydrogens is 216 g/mol. The third-order valence-corrected chi connectivity index (χ3v) is 2.66. The van der Waals surface area contributed by atoms with Gasteiger partial charge in [0.2, 0.25) is 5.88 Å². The predicted octanol–water partition coefficient (Wildman–Crippen LogP) is 2.49. The van der Waals surface area contributed by atoms with Gasteiger partial charge in [-0.05, 0) is 5.92 Å². The Morgan fingerprint density at radius 2 is 1.94 bits per heavy atom. The predicted molar refractivity (Wildman–Crippen MR) is 65.5 cm³/mol. The molecule has 5 nitrogen and oxygen atoms in total. The molecule has 1 heterocycles. The van der Waals surface area contributed by atoms with Crippen LogP contribution in [0.5, 0.6) is 0 Å². The molecule has 0 bridgehead atoms. The van der Waals surface area contributed by atoms with E-state index in [2.05, 4.69) is 10.2 Å². The summed E-state index contributed by atoms with van der Waals surface area (Å²) in [6, 6.07) is 9.36. The van der Waals surface area contributed by atoms with E-state index >= 15 is 0 Å². The molecule has 3 N–H and O–H groups in total. The van der Waals surface area contributed by atoms with Gasteiger partial charge in [-0.3, -0.25) is 5.01 Å². The molecule has 0 spiro atoms. The zero-order valence-corrected chi connectivity index (χ0v) is 9.91. The van der Waals surface area contributed by atoms with E-state index in [1.54, 1.807) is 0 Å². The summed E-state index contributed by atoms with van der Waals surface area (Å²) < 4.78 is 0. The highest BCUT2D eigenvalue weighted by molar-refractivity contribution is 5.65. The van der Waals surface area contributed by atoms with E-state index in [1.807, 2.05) is 44.2 Å². The molecule has 2 rings (SSSR count). The SMILES string of the molecule is CC(C)C1N=NC(c2ccccc2)=C(O)N1N. The van der Waals surface area contributed by atoms with Crippen LogP contribution in [0.1, 0.15) is 19.4 Å². The van der Waals surface area contributed by atoms with Gasteiger partial charge in [0.1, 0.15) is 0 Å². The third-order valence-electron chi connectivity index (χ3n) is 2.66. The fourth-order valence-electron chi connectivity index (χ4n) is 1.70. The summed E-state index contributed by atoms with van der Waals surface area (Å²) in [5, 5.41) is 19.5. The Balaban J connectivity index is 2.36. The van der Waals surface area contributed by atoms with Crippen molar-refractivity contribution in [2.75, 3.05) is 0 Å². The molecule has 0 saturated carbocycles. The largest absolute Gasteiger partial charge is 0.492 e. The van der Waals surface area contributed by atoms with Crippen LogP contribution >= 0.6 is 0 Å². The fourth-order valence-corrected chi connectivity index (χ4v) is 1.70. The van der Waals surface area contributed by atoms with Crippen LogP contribution < -0.4 is 5.84 Å². The van der Waals surface area contributed by atoms with Crippen molar-refractivity contribution in [2.24, 2.45) is 22.0 Å². The van der Waals surface area contributed by atoms with Crippen molar-refractivity contribution in [3.8, 4) is 0 Å². The van der Waals surface area contributed by atoms with Crippen LogP contribution in [0.2, 0.25) is 0 Å². The van der Waals surface area contributed by atoms with Crippen LogP contribution in [-0.2, 0) is 0 Å². The van der Waals surface area contributed by atoms with Crippen molar-refractivity contribution in [3.05, 3.63) is 41.8 Å². The number of aliphatic hydroxyl groups excluding tert-OH is 1. The summed E-state index contributed by atoms with van der Waals surface area (Å²) >= 11 is 0. The average Bonchev–Trinajstić information content (AvgIpc) is 2.33. The standard InChI is InChI=1S/C12H16N4O/c1-8(2)11-15-14-10(12(17)16(11)13)9-6-4-3-5-7-9/h3-8,11,17H,13H2,1-2H3. The molecule has 1 atom stereocenters. The normalized spacial score (nSPS) is 20.2. The first-order valence-corrected chi connectivity index (χ1v) is 5.54. The fraction of sp³-hybridized carbons (Fsp3) is 0.333. The maximum Gasteiger partial charge on any atom is 0.232 e. The van der Waals surface area contributed by atoms with Gasteiger partial charge in [0.15, 0.2) is 11.9 Å². The van der Waals surface area contributed by atoms with Crippen molar-refractivity contribution in [2.45, 2.75) is 20.0 Å². The molecule has 17 heavy (non-hydrogen) atoms. The minimum absolute atomic E-state index is 0.0371. The van der Waals surface area contributed by atoms with Crippen LogP contribution in [0.4, 0.5) is 0 Å². The van der Waals surface area contributed by atoms with E-state index in [-0.39, 0.29) is 18.0 Å². The van der Waals surface area contributed by atoms with Crippen LogP contribution in [-0.4, -0.2) is 16.3 Å².